The molecule has 0 saturated carbocycles. The van der Waals surface area contributed by atoms with Gasteiger partial charge >= 0.3 is 5.69 Å². The molecule has 4 aromatic carbocycles. The number of rotatable bonds is 7. The van der Waals surface area contributed by atoms with E-state index in [0.29, 0.717) is 0 Å². The topological polar surface area (TPSA) is 26.9 Å². The van der Waals surface area contributed by atoms with Crippen LogP contribution in [0.1, 0.15) is 49.3 Å². The normalized spacial score (nSPS) is 15.0. The maximum Gasteiger partial charge on any atom is 0.338 e. The molecule has 228 valence electrons. The van der Waals surface area contributed by atoms with Gasteiger partial charge in [0.15, 0.2) is 0 Å². The first-order valence-electron chi connectivity index (χ1n) is 16.2. The van der Waals surface area contributed by atoms with Gasteiger partial charge in [-0.05, 0) is 120 Å². The Bertz CT molecular complexity index is 2240. The van der Waals surface area contributed by atoms with Crippen LogP contribution in [-0.2, 0) is 0 Å². The van der Waals surface area contributed by atoms with E-state index in [2.05, 4.69) is 103 Å². The summed E-state index contributed by atoms with van der Waals surface area (Å²) >= 11 is 0. The molecular weight excluding hydrogens is 572 g/mol. The van der Waals surface area contributed by atoms with Gasteiger partial charge in [-0.3, -0.25) is 9.13 Å². The minimum Gasteiger partial charge on any atom is -0.264 e. The van der Waals surface area contributed by atoms with Crippen molar-refractivity contribution in [3.8, 4) is 29.2 Å². The molecule has 0 radical (unpaired) electrons. The van der Waals surface area contributed by atoms with E-state index in [1.54, 1.807) is 6.08 Å². The van der Waals surface area contributed by atoms with Crippen molar-refractivity contribution in [3.05, 3.63) is 173 Å². The fourth-order valence-corrected chi connectivity index (χ4v) is 6.63. The first kappa shape index (κ1) is 29.8. The van der Waals surface area contributed by atoms with Crippen LogP contribution in [0, 0.1) is 12.3 Å². The van der Waals surface area contributed by atoms with Gasteiger partial charge in [0.05, 0.1) is 16.7 Å². The molecule has 0 N–H and O–H groups in total. The maximum atomic E-state index is 14.1. The van der Waals surface area contributed by atoms with Gasteiger partial charge in [-0.1, -0.05) is 109 Å². The molecule has 5 aromatic rings. The largest absolute Gasteiger partial charge is 0.338 e. The molecule has 1 aromatic heterocycles. The van der Waals surface area contributed by atoms with Crippen molar-refractivity contribution >= 4 is 33.4 Å². The summed E-state index contributed by atoms with van der Waals surface area (Å²) in [6.07, 6.45) is 25.9. The number of hydrogen-bond donors (Lipinski definition) is 0. The number of fused-ring (bicyclic) bond motifs is 1. The number of imidazole rings is 1. The number of nitrogens with zero attached hydrogens (tertiary/aromatic N) is 2. The maximum absolute atomic E-state index is 14.1. The Kier molecular flexibility index (Phi) is 8.41. The molecule has 0 aliphatic heterocycles. The first-order chi connectivity index (χ1) is 23.1. The second kappa shape index (κ2) is 13.3. The highest BCUT2D eigenvalue weighted by Gasteiger charge is 2.19. The van der Waals surface area contributed by atoms with E-state index in [4.69, 9.17) is 6.42 Å². The first-order valence-corrected chi connectivity index (χ1v) is 16.2. The van der Waals surface area contributed by atoms with Crippen molar-refractivity contribution in [1.29, 1.82) is 0 Å². The molecule has 0 saturated heterocycles. The summed E-state index contributed by atoms with van der Waals surface area (Å²) < 4.78 is 3.71. The zero-order chi connectivity index (χ0) is 32.2. The molecule has 0 unspecified atom stereocenters. The van der Waals surface area contributed by atoms with Crippen molar-refractivity contribution in [2.45, 2.75) is 32.6 Å². The molecule has 2 aliphatic carbocycles. The van der Waals surface area contributed by atoms with E-state index < -0.39 is 0 Å². The average molecular weight is 609 g/mol. The molecule has 0 fully saturated rings. The summed E-state index contributed by atoms with van der Waals surface area (Å²) in [6, 6.07) is 33.7. The third-order valence-corrected chi connectivity index (χ3v) is 9.15. The smallest absolute Gasteiger partial charge is 0.264 e. The Morgan fingerprint density at radius 2 is 1.32 bits per heavy atom. The van der Waals surface area contributed by atoms with Gasteiger partial charge in [0.25, 0.3) is 0 Å². The fourth-order valence-electron chi connectivity index (χ4n) is 6.63. The van der Waals surface area contributed by atoms with Crippen LogP contribution < -0.4 is 5.69 Å². The SMILES string of the molecule is C#C/C=C\C(=C/C)c1ccc(-c2ccc(-n3c(=O)n(C4=CC=C(c5ccc(C6=CC=CCC6)cc5)CC4)c4ccccc43)cc2)cc1. The third kappa shape index (κ3) is 5.94. The lowest BCUT2D eigenvalue weighted by molar-refractivity contribution is 0.893. The number of para-hydroxylation sites is 2. The zero-order valence-corrected chi connectivity index (χ0v) is 26.6. The van der Waals surface area contributed by atoms with Crippen molar-refractivity contribution < 1.29 is 0 Å². The molecule has 0 spiro atoms. The third-order valence-electron chi connectivity index (χ3n) is 9.15. The molecule has 47 heavy (non-hydrogen) atoms. The number of aromatic nitrogens is 2. The molecule has 1 heterocycles. The van der Waals surface area contributed by atoms with Gasteiger partial charge in [-0.25, -0.2) is 4.79 Å². The van der Waals surface area contributed by atoms with Gasteiger partial charge in [-0.2, -0.15) is 0 Å². The second-order valence-corrected chi connectivity index (χ2v) is 11.9. The Morgan fingerprint density at radius 3 is 1.89 bits per heavy atom. The molecule has 7 rings (SSSR count). The van der Waals surface area contributed by atoms with E-state index in [0.717, 1.165) is 70.4 Å². The van der Waals surface area contributed by atoms with Crippen molar-refractivity contribution in [2.75, 3.05) is 0 Å². The summed E-state index contributed by atoms with van der Waals surface area (Å²) in [5.74, 6) is 2.56. The van der Waals surface area contributed by atoms with E-state index >= 15 is 0 Å². The molecule has 2 aliphatic rings. The van der Waals surface area contributed by atoms with E-state index in [9.17, 15) is 4.79 Å². The predicted molar refractivity (Wildman–Crippen MR) is 199 cm³/mol. The van der Waals surface area contributed by atoms with Crippen molar-refractivity contribution in [2.24, 2.45) is 0 Å². The van der Waals surface area contributed by atoms with Gasteiger partial charge in [-0.15, -0.1) is 6.42 Å². The Balaban J connectivity index is 1.17. The quantitative estimate of drug-likeness (QED) is 0.133. The fraction of sp³-hybridized carbons (Fsp3) is 0.114. The second-order valence-electron chi connectivity index (χ2n) is 11.9. The van der Waals surface area contributed by atoms with Crippen LogP contribution in [0.4, 0.5) is 0 Å². The van der Waals surface area contributed by atoms with Crippen LogP contribution in [0.2, 0.25) is 0 Å². The molecule has 0 bridgehead atoms. The Labute approximate surface area is 276 Å². The monoisotopic (exact) mass is 608 g/mol. The van der Waals surface area contributed by atoms with Crippen molar-refractivity contribution in [3.63, 3.8) is 0 Å². The zero-order valence-electron chi connectivity index (χ0n) is 26.6. The Morgan fingerprint density at radius 1 is 0.702 bits per heavy atom. The molecular formula is C44H36N2O. The lowest BCUT2D eigenvalue weighted by Gasteiger charge is -2.17. The predicted octanol–water partition coefficient (Wildman–Crippen LogP) is 10.5. The summed E-state index contributed by atoms with van der Waals surface area (Å²) in [6.45, 7) is 2.01. The van der Waals surface area contributed by atoms with E-state index in [-0.39, 0.29) is 5.69 Å². The van der Waals surface area contributed by atoms with Crippen LogP contribution in [0.5, 0.6) is 0 Å². The summed E-state index contributed by atoms with van der Waals surface area (Å²) in [4.78, 5) is 14.1. The van der Waals surface area contributed by atoms with Gasteiger partial charge in [0.1, 0.15) is 0 Å². The molecule has 0 atom stereocenters. The molecule has 0 amide bonds. The molecule has 3 nitrogen and oxygen atoms in total. The van der Waals surface area contributed by atoms with Crippen LogP contribution >= 0.6 is 0 Å². The summed E-state index contributed by atoms with van der Waals surface area (Å²) in [5.41, 5.74) is 13.2. The Hall–Kier alpha value is -5.85. The summed E-state index contributed by atoms with van der Waals surface area (Å²) in [7, 11) is 0. The number of benzene rings is 4. The standard InChI is InChI=1S/C44H36N2O/c1-3-5-11-32(4-2)34-16-18-36(19-17-34)38-24-28-40(29-25-38)45-42-14-9-10-15-43(42)46(44(45)47)41-30-26-39(27-31-41)37-22-20-35(21-23-37)33-12-7-6-8-13-33/h1,4-7,9-12,14-26,28-30H,8,13,27,31H2,2H3/b11-5-,32-4+. The lowest BCUT2D eigenvalue weighted by atomic mass is 9.92. The van der Waals surface area contributed by atoms with E-state index in [1.807, 2.05) is 58.5 Å². The highest BCUT2D eigenvalue weighted by molar-refractivity contribution is 5.84. The van der Waals surface area contributed by atoms with Gasteiger partial charge in [0, 0.05) is 5.70 Å². The van der Waals surface area contributed by atoms with Crippen LogP contribution in [-0.4, -0.2) is 9.13 Å². The number of terminal acetylenes is 1. The minimum atomic E-state index is -0.0514. The van der Waals surface area contributed by atoms with Gasteiger partial charge in [0.2, 0.25) is 0 Å². The van der Waals surface area contributed by atoms with Crippen LogP contribution in [0.25, 0.3) is 50.3 Å². The van der Waals surface area contributed by atoms with Crippen LogP contribution in [0.15, 0.2) is 150 Å². The van der Waals surface area contributed by atoms with E-state index in [1.165, 1.54) is 22.3 Å². The number of hydrogen-bond acceptors (Lipinski definition) is 1. The highest BCUT2D eigenvalue weighted by atomic mass is 16.1. The lowest BCUT2D eigenvalue weighted by Crippen LogP contribution is -2.23. The van der Waals surface area contributed by atoms with Crippen molar-refractivity contribution in [1.82, 2.24) is 9.13 Å². The van der Waals surface area contributed by atoms with Crippen LogP contribution in [0.3, 0.4) is 0 Å². The molecule has 3 heteroatoms. The highest BCUT2D eigenvalue weighted by Crippen LogP contribution is 2.32. The number of allylic oxidation sites excluding steroid dienone is 12. The summed E-state index contributed by atoms with van der Waals surface area (Å²) in [5, 5.41) is 0. The minimum absolute atomic E-state index is 0.0514. The average Bonchev–Trinajstić information content (AvgIpc) is 3.44. The van der Waals surface area contributed by atoms with Gasteiger partial charge < -0.3 is 0 Å².